The zero-order valence-electron chi connectivity index (χ0n) is 18.3. The summed E-state index contributed by atoms with van der Waals surface area (Å²) >= 11 is 0. The zero-order chi connectivity index (χ0) is 23.4. The molecule has 4 rings (SSSR count). The van der Waals surface area contributed by atoms with Gasteiger partial charge in [0.1, 0.15) is 0 Å². The normalized spacial score (nSPS) is 11.2. The third-order valence-electron chi connectivity index (χ3n) is 5.04. The van der Waals surface area contributed by atoms with Crippen LogP contribution in [0.2, 0.25) is 0 Å². The van der Waals surface area contributed by atoms with Gasteiger partial charge >= 0.3 is 6.03 Å². The van der Waals surface area contributed by atoms with Gasteiger partial charge in [-0.3, -0.25) is 0 Å². The Labute approximate surface area is 193 Å². The molecule has 2 amide bonds. The number of amides is 2. The second-order valence-corrected chi connectivity index (χ2v) is 9.76. The lowest BCUT2D eigenvalue weighted by Gasteiger charge is -2.08. The molecule has 0 bridgehead atoms. The van der Waals surface area contributed by atoms with Crippen LogP contribution in [0.4, 0.5) is 10.5 Å². The van der Waals surface area contributed by atoms with E-state index >= 15 is 0 Å². The third-order valence-corrected chi connectivity index (χ3v) is 6.17. The summed E-state index contributed by atoms with van der Waals surface area (Å²) in [4.78, 5) is 12.6. The Morgan fingerprint density at radius 3 is 2.33 bits per heavy atom. The van der Waals surface area contributed by atoms with Crippen LogP contribution in [0.1, 0.15) is 11.3 Å². The van der Waals surface area contributed by atoms with Crippen LogP contribution in [0.5, 0.6) is 0 Å². The lowest BCUT2D eigenvalue weighted by molar-refractivity contribution is 0.251. The fourth-order valence-corrected chi connectivity index (χ4v) is 4.06. The third kappa shape index (κ3) is 5.48. The molecule has 1 heterocycles. The monoisotopic (exact) mass is 460 g/mol. The van der Waals surface area contributed by atoms with Gasteiger partial charge in [-0.1, -0.05) is 42.5 Å². The first-order valence-electron chi connectivity index (χ1n) is 10.4. The van der Waals surface area contributed by atoms with Gasteiger partial charge in [-0.2, -0.15) is 5.10 Å². The maximum atomic E-state index is 12.3. The Morgan fingerprint density at radius 2 is 1.67 bits per heavy atom. The maximum Gasteiger partial charge on any atom is 0.319 e. The number of nitrogens with one attached hydrogen (secondary N) is 2. The Hall–Kier alpha value is -3.91. The molecule has 3 aromatic carbocycles. The van der Waals surface area contributed by atoms with Gasteiger partial charge in [0, 0.05) is 17.5 Å². The van der Waals surface area contributed by atoms with Crippen molar-refractivity contribution in [2.45, 2.75) is 18.4 Å². The van der Waals surface area contributed by atoms with Gasteiger partial charge in [0.15, 0.2) is 9.84 Å². The zero-order valence-corrected chi connectivity index (χ0v) is 19.1. The number of aryl methyl sites for hydroxylation is 1. The molecule has 0 radical (unpaired) electrons. The first-order valence-corrected chi connectivity index (χ1v) is 12.2. The van der Waals surface area contributed by atoms with E-state index in [0.717, 1.165) is 22.5 Å². The van der Waals surface area contributed by atoms with E-state index in [1.807, 2.05) is 67.6 Å². The molecular formula is C25H24N4O3S. The number of rotatable bonds is 6. The predicted octanol–water partition coefficient (Wildman–Crippen LogP) is 4.57. The van der Waals surface area contributed by atoms with Crippen molar-refractivity contribution >= 4 is 21.6 Å². The molecular weight excluding hydrogens is 436 g/mol. The molecule has 1 aromatic heterocycles. The van der Waals surface area contributed by atoms with Crippen molar-refractivity contribution in [3.05, 3.63) is 96.2 Å². The van der Waals surface area contributed by atoms with Crippen LogP contribution in [-0.2, 0) is 16.4 Å². The summed E-state index contributed by atoms with van der Waals surface area (Å²) in [5, 5.41) is 10.3. The lowest BCUT2D eigenvalue weighted by atomic mass is 10.1. The van der Waals surface area contributed by atoms with Crippen molar-refractivity contribution in [1.82, 2.24) is 15.1 Å². The standard InChI is InChI=1S/C25H24N4O3S/c1-18-7-6-10-20(15-18)27-25(30)26-17-21-16-24(19-8-4-3-5-9-19)29(28-21)22-11-13-23(14-12-22)33(2,31)32/h3-16H,17H2,1-2H3,(H2,26,27,30). The van der Waals surface area contributed by atoms with Crippen LogP contribution in [0.25, 0.3) is 16.9 Å². The number of urea groups is 1. The number of anilines is 1. The smallest absolute Gasteiger partial charge is 0.319 e. The average molecular weight is 461 g/mol. The minimum absolute atomic E-state index is 0.228. The second kappa shape index (κ2) is 9.30. The molecule has 0 aliphatic carbocycles. The topological polar surface area (TPSA) is 93.1 Å². The summed E-state index contributed by atoms with van der Waals surface area (Å²) < 4.78 is 25.4. The summed E-state index contributed by atoms with van der Waals surface area (Å²) in [5.74, 6) is 0. The van der Waals surface area contributed by atoms with Crippen LogP contribution in [0, 0.1) is 6.92 Å². The summed E-state index contributed by atoms with van der Waals surface area (Å²) in [6, 6.07) is 25.5. The van der Waals surface area contributed by atoms with Crippen LogP contribution in [0.3, 0.4) is 0 Å². The highest BCUT2D eigenvalue weighted by molar-refractivity contribution is 7.90. The number of sulfone groups is 1. The van der Waals surface area contributed by atoms with Crippen molar-refractivity contribution in [2.75, 3.05) is 11.6 Å². The predicted molar refractivity (Wildman–Crippen MR) is 129 cm³/mol. The molecule has 33 heavy (non-hydrogen) atoms. The van der Waals surface area contributed by atoms with E-state index in [4.69, 9.17) is 0 Å². The van der Waals surface area contributed by atoms with Gasteiger partial charge in [-0.25, -0.2) is 17.9 Å². The quantitative estimate of drug-likeness (QED) is 0.441. The van der Waals surface area contributed by atoms with E-state index in [1.165, 1.54) is 6.26 Å². The van der Waals surface area contributed by atoms with Crippen LogP contribution >= 0.6 is 0 Å². The molecule has 7 nitrogen and oxygen atoms in total. The number of benzene rings is 3. The van der Waals surface area contributed by atoms with Crippen LogP contribution in [-0.4, -0.2) is 30.5 Å². The minimum Gasteiger partial charge on any atom is -0.332 e. The summed E-state index contributed by atoms with van der Waals surface area (Å²) in [6.07, 6.45) is 1.18. The summed E-state index contributed by atoms with van der Waals surface area (Å²) in [7, 11) is -3.29. The number of carbonyl (C=O) groups is 1. The fourth-order valence-electron chi connectivity index (χ4n) is 3.43. The van der Waals surface area contributed by atoms with E-state index in [2.05, 4.69) is 15.7 Å². The van der Waals surface area contributed by atoms with Gasteiger partial charge in [-0.05, 0) is 55.0 Å². The summed E-state index contributed by atoms with van der Waals surface area (Å²) in [5.41, 5.74) is 4.94. The van der Waals surface area contributed by atoms with Gasteiger partial charge in [0.05, 0.1) is 28.5 Å². The van der Waals surface area contributed by atoms with Crippen LogP contribution in [0.15, 0.2) is 89.8 Å². The molecule has 0 aliphatic heterocycles. The highest BCUT2D eigenvalue weighted by atomic mass is 32.2. The first kappa shape index (κ1) is 22.3. The van der Waals surface area contributed by atoms with E-state index in [-0.39, 0.29) is 17.5 Å². The second-order valence-electron chi connectivity index (χ2n) is 7.74. The molecule has 0 spiro atoms. The van der Waals surface area contributed by atoms with E-state index in [0.29, 0.717) is 11.4 Å². The van der Waals surface area contributed by atoms with Crippen molar-refractivity contribution in [3.8, 4) is 16.9 Å². The molecule has 0 atom stereocenters. The Kier molecular flexibility index (Phi) is 6.28. The van der Waals surface area contributed by atoms with Crippen molar-refractivity contribution in [1.29, 1.82) is 0 Å². The molecule has 168 valence electrons. The minimum atomic E-state index is -3.29. The number of hydrogen-bond donors (Lipinski definition) is 2. The number of aromatic nitrogens is 2. The van der Waals surface area contributed by atoms with Gasteiger partial charge in [0.25, 0.3) is 0 Å². The van der Waals surface area contributed by atoms with E-state index in [1.54, 1.807) is 28.9 Å². The fraction of sp³-hybridized carbons (Fsp3) is 0.120. The van der Waals surface area contributed by atoms with Crippen molar-refractivity contribution in [2.24, 2.45) is 0 Å². The SMILES string of the molecule is Cc1cccc(NC(=O)NCc2cc(-c3ccccc3)n(-c3ccc(S(C)(=O)=O)cc3)n2)c1. The maximum absolute atomic E-state index is 12.3. The number of hydrogen-bond acceptors (Lipinski definition) is 4. The van der Waals surface area contributed by atoms with E-state index < -0.39 is 9.84 Å². The Balaban J connectivity index is 1.58. The lowest BCUT2D eigenvalue weighted by Crippen LogP contribution is -2.28. The molecule has 0 aliphatic rings. The molecule has 4 aromatic rings. The molecule has 2 N–H and O–H groups in total. The highest BCUT2D eigenvalue weighted by Crippen LogP contribution is 2.25. The van der Waals surface area contributed by atoms with E-state index in [9.17, 15) is 13.2 Å². The van der Waals surface area contributed by atoms with Crippen molar-refractivity contribution < 1.29 is 13.2 Å². The molecule has 0 unspecified atom stereocenters. The van der Waals surface area contributed by atoms with Crippen molar-refractivity contribution in [3.63, 3.8) is 0 Å². The first-order chi connectivity index (χ1) is 15.8. The van der Waals surface area contributed by atoms with Gasteiger partial charge < -0.3 is 10.6 Å². The van der Waals surface area contributed by atoms with Crippen LogP contribution < -0.4 is 10.6 Å². The molecule has 0 saturated heterocycles. The highest BCUT2D eigenvalue weighted by Gasteiger charge is 2.14. The Bertz CT molecular complexity index is 1380. The molecule has 0 fully saturated rings. The van der Waals surface area contributed by atoms with Gasteiger partial charge in [-0.15, -0.1) is 0 Å². The number of carbonyl (C=O) groups excluding carboxylic acids is 1. The summed E-state index contributed by atoms with van der Waals surface area (Å²) in [6.45, 7) is 2.19. The molecule has 0 saturated carbocycles. The number of nitrogens with zero attached hydrogens (tertiary/aromatic N) is 2. The Morgan fingerprint density at radius 1 is 0.939 bits per heavy atom. The van der Waals surface area contributed by atoms with Gasteiger partial charge in [0.2, 0.25) is 0 Å². The largest absolute Gasteiger partial charge is 0.332 e. The average Bonchev–Trinajstić information content (AvgIpc) is 3.22. The molecule has 8 heteroatoms.